The molecule has 0 atom stereocenters. The molecule has 4 aromatic heterocycles. The number of anilines is 4. The van der Waals surface area contributed by atoms with E-state index in [4.69, 9.17) is 18.6 Å². The first-order chi connectivity index (χ1) is 33.2. The van der Waals surface area contributed by atoms with E-state index in [1.807, 2.05) is 48.7 Å². The Bertz CT molecular complexity index is 4000. The Morgan fingerprint density at radius 1 is 0.448 bits per heavy atom. The van der Waals surface area contributed by atoms with Crippen LogP contribution in [0.2, 0.25) is 0 Å². The van der Waals surface area contributed by atoms with E-state index in [-0.39, 0.29) is 0 Å². The highest BCUT2D eigenvalue weighted by Gasteiger charge is 2.33. The molecule has 9 aromatic carbocycles. The van der Waals surface area contributed by atoms with E-state index in [0.717, 1.165) is 111 Å². The van der Waals surface area contributed by atoms with Gasteiger partial charge in [-0.1, -0.05) is 133 Å². The Labute approximate surface area is 384 Å². The zero-order valence-corrected chi connectivity index (χ0v) is 36.0. The molecule has 0 spiro atoms. The van der Waals surface area contributed by atoms with Gasteiger partial charge < -0.3 is 23.4 Å². The van der Waals surface area contributed by atoms with Crippen LogP contribution in [-0.4, -0.2) is 16.2 Å². The van der Waals surface area contributed by atoms with Crippen molar-refractivity contribution in [2.45, 2.75) is 0 Å². The average Bonchev–Trinajstić information content (AvgIpc) is 4.16. The maximum atomic E-state index is 7.16. The molecule has 7 nitrogen and oxygen atoms in total. The van der Waals surface area contributed by atoms with Crippen LogP contribution >= 0.6 is 0 Å². The highest BCUT2D eigenvalue weighted by atomic mass is 16.5. The highest BCUT2D eigenvalue weighted by molar-refractivity contribution is 6.26. The Balaban J connectivity index is 0.990. The molecule has 0 saturated carbocycles. The van der Waals surface area contributed by atoms with Gasteiger partial charge in [-0.3, -0.25) is 4.57 Å². The third-order valence-corrected chi connectivity index (χ3v) is 13.3. The van der Waals surface area contributed by atoms with Crippen molar-refractivity contribution in [1.82, 2.24) is 9.55 Å². The van der Waals surface area contributed by atoms with Gasteiger partial charge in [0, 0.05) is 67.5 Å². The predicted octanol–water partition coefficient (Wildman–Crippen LogP) is 16.4. The van der Waals surface area contributed by atoms with Crippen molar-refractivity contribution < 1.29 is 13.6 Å². The number of hydrogen-bond acceptors (Lipinski definition) is 6. The molecule has 14 rings (SSSR count). The Hall–Kier alpha value is -9.07. The van der Waals surface area contributed by atoms with Crippen LogP contribution in [0.15, 0.2) is 227 Å². The van der Waals surface area contributed by atoms with Crippen LogP contribution < -0.4 is 14.5 Å². The number of para-hydroxylation sites is 5. The lowest BCUT2D eigenvalue weighted by Crippen LogP contribution is -2.25. The molecule has 0 radical (unpaired) electrons. The minimum atomic E-state index is 0.546. The van der Waals surface area contributed by atoms with Crippen LogP contribution in [0.3, 0.4) is 0 Å². The fourth-order valence-electron chi connectivity index (χ4n) is 10.4. The number of aromatic nitrogens is 2. The van der Waals surface area contributed by atoms with Gasteiger partial charge in [-0.15, -0.1) is 0 Å². The van der Waals surface area contributed by atoms with Crippen molar-refractivity contribution in [3.63, 3.8) is 0 Å². The minimum Gasteiger partial charge on any atom is -0.456 e. The zero-order valence-electron chi connectivity index (χ0n) is 36.0. The second-order valence-electron chi connectivity index (χ2n) is 17.1. The summed E-state index contributed by atoms with van der Waals surface area (Å²) in [6, 6.07) is 74.2. The smallest absolute Gasteiger partial charge is 0.178 e. The standard InChI is InChI=1S/C60H38N4O3/c1-3-16-38(17-4-1)42-22-15-23-43(39-18-5-2-6-19-39)59(42)63-37-62(49-25-10-11-26-50(49)63)40-34-47-58-54(32-31-53-57(58)46-21-8-12-27-52(46)66-53)67-60(47)55(35-40)65-41-29-30-45-44-20-7-9-24-48(44)64(51(45)36-41)56-28-13-14-33-61-56/h1-36H,37H2. The summed E-state index contributed by atoms with van der Waals surface area (Å²) in [5.41, 5.74) is 14.1. The quantitative estimate of drug-likeness (QED) is 0.159. The van der Waals surface area contributed by atoms with Gasteiger partial charge in [-0.2, -0.15) is 0 Å². The van der Waals surface area contributed by atoms with Crippen molar-refractivity contribution in [1.29, 1.82) is 0 Å². The van der Waals surface area contributed by atoms with Gasteiger partial charge in [0.15, 0.2) is 11.3 Å². The number of furan rings is 2. The Kier molecular flexibility index (Phi) is 8.21. The van der Waals surface area contributed by atoms with E-state index in [2.05, 4.69) is 184 Å². The SMILES string of the molecule is c1ccc(-c2cccc(-c3ccccc3)c2N2CN(c3cc(Oc4ccc5c6ccccc6n(-c6ccccn6)c5c4)c4oc5ccc6oc7ccccc7c6c5c4c3)c3ccccc32)cc1. The zero-order chi connectivity index (χ0) is 44.0. The molecule has 0 N–H and O–H groups in total. The van der Waals surface area contributed by atoms with Crippen LogP contribution in [0.1, 0.15) is 0 Å². The van der Waals surface area contributed by atoms with E-state index in [9.17, 15) is 0 Å². The number of rotatable bonds is 7. The molecule has 0 amide bonds. The summed E-state index contributed by atoms with van der Waals surface area (Å²) in [6.45, 7) is 0.546. The van der Waals surface area contributed by atoms with Crippen molar-refractivity contribution in [3.05, 3.63) is 219 Å². The molecule has 0 saturated heterocycles. The van der Waals surface area contributed by atoms with Crippen LogP contribution in [-0.2, 0) is 0 Å². The van der Waals surface area contributed by atoms with E-state index in [0.29, 0.717) is 23.8 Å². The Morgan fingerprint density at radius 3 is 1.85 bits per heavy atom. The number of pyridine rings is 1. The van der Waals surface area contributed by atoms with Crippen LogP contribution in [0.25, 0.3) is 93.8 Å². The van der Waals surface area contributed by atoms with Gasteiger partial charge >= 0.3 is 0 Å². The summed E-state index contributed by atoms with van der Waals surface area (Å²) >= 11 is 0. The lowest BCUT2D eigenvalue weighted by molar-refractivity contribution is 0.477. The van der Waals surface area contributed by atoms with Gasteiger partial charge in [0.1, 0.15) is 35.0 Å². The van der Waals surface area contributed by atoms with Gasteiger partial charge in [-0.05, 0) is 77.9 Å². The average molecular weight is 863 g/mol. The molecular weight excluding hydrogens is 825 g/mol. The topological polar surface area (TPSA) is 59.8 Å². The molecule has 67 heavy (non-hydrogen) atoms. The maximum absolute atomic E-state index is 7.16. The molecule has 316 valence electrons. The molecule has 0 bridgehead atoms. The van der Waals surface area contributed by atoms with Crippen molar-refractivity contribution in [2.75, 3.05) is 16.5 Å². The maximum Gasteiger partial charge on any atom is 0.178 e. The number of benzene rings is 9. The molecule has 0 fully saturated rings. The molecule has 5 heterocycles. The van der Waals surface area contributed by atoms with Crippen LogP contribution in [0, 0.1) is 0 Å². The van der Waals surface area contributed by atoms with E-state index >= 15 is 0 Å². The second kappa shape index (κ2) is 14.7. The molecule has 7 heteroatoms. The highest BCUT2D eigenvalue weighted by Crippen LogP contribution is 2.52. The van der Waals surface area contributed by atoms with Crippen LogP contribution in [0.4, 0.5) is 22.7 Å². The first kappa shape index (κ1) is 37.3. The van der Waals surface area contributed by atoms with E-state index in [1.165, 1.54) is 0 Å². The minimum absolute atomic E-state index is 0.546. The fourth-order valence-corrected chi connectivity index (χ4v) is 10.4. The number of hydrogen-bond donors (Lipinski definition) is 0. The summed E-state index contributed by atoms with van der Waals surface area (Å²) in [6.07, 6.45) is 1.83. The van der Waals surface area contributed by atoms with Gasteiger partial charge in [0.25, 0.3) is 0 Å². The molecule has 0 unspecified atom stereocenters. The first-order valence-electron chi connectivity index (χ1n) is 22.5. The van der Waals surface area contributed by atoms with Gasteiger partial charge in [0.2, 0.25) is 0 Å². The summed E-state index contributed by atoms with van der Waals surface area (Å²) in [5.74, 6) is 2.12. The third-order valence-electron chi connectivity index (χ3n) is 13.3. The van der Waals surface area contributed by atoms with Crippen molar-refractivity contribution >= 4 is 88.4 Å². The van der Waals surface area contributed by atoms with Crippen molar-refractivity contribution in [2.24, 2.45) is 0 Å². The summed E-state index contributed by atoms with van der Waals surface area (Å²) in [5, 5.41) is 6.24. The second-order valence-corrected chi connectivity index (χ2v) is 17.1. The van der Waals surface area contributed by atoms with E-state index in [1.54, 1.807) is 0 Å². The number of nitrogens with zero attached hydrogens (tertiary/aromatic N) is 4. The normalized spacial score (nSPS) is 12.7. The summed E-state index contributed by atoms with van der Waals surface area (Å²) in [4.78, 5) is 9.64. The van der Waals surface area contributed by atoms with Crippen molar-refractivity contribution in [3.8, 4) is 39.6 Å². The number of fused-ring (bicyclic) bond motifs is 11. The number of ether oxygens (including phenoxy) is 1. The van der Waals surface area contributed by atoms with Gasteiger partial charge in [0.05, 0.1) is 28.1 Å². The monoisotopic (exact) mass is 862 g/mol. The molecule has 0 aliphatic carbocycles. The third kappa shape index (κ3) is 5.81. The van der Waals surface area contributed by atoms with Crippen LogP contribution in [0.5, 0.6) is 11.5 Å². The summed E-state index contributed by atoms with van der Waals surface area (Å²) < 4.78 is 22.7. The van der Waals surface area contributed by atoms with Gasteiger partial charge in [-0.25, -0.2) is 4.98 Å². The fraction of sp³-hybridized carbons (Fsp3) is 0.0167. The summed E-state index contributed by atoms with van der Waals surface area (Å²) in [7, 11) is 0. The predicted molar refractivity (Wildman–Crippen MR) is 273 cm³/mol. The lowest BCUT2D eigenvalue weighted by atomic mass is 9.95. The Morgan fingerprint density at radius 2 is 1.09 bits per heavy atom. The molecule has 1 aliphatic heterocycles. The van der Waals surface area contributed by atoms with E-state index < -0.39 is 0 Å². The molecular formula is C60H38N4O3. The largest absolute Gasteiger partial charge is 0.456 e. The molecule has 1 aliphatic rings. The molecule has 13 aromatic rings. The first-order valence-corrected chi connectivity index (χ1v) is 22.5. The lowest BCUT2D eigenvalue weighted by Gasteiger charge is -2.27.